The molecule has 0 saturated heterocycles. The highest BCUT2D eigenvalue weighted by atomic mass is 28.4. The van der Waals surface area contributed by atoms with Crippen LogP contribution in [0.3, 0.4) is 0 Å². The van der Waals surface area contributed by atoms with Crippen LogP contribution in [0.1, 0.15) is 13.3 Å². The standard InChI is InChI=1S/C6H16O3Si.C3H10O3Si/c1-5-6-10(7-2,8-3)9-4;1-4-7(5-2)6-3/h5-6H2,1-4H3;7H,1-3H3. The van der Waals surface area contributed by atoms with Crippen LogP contribution in [0.2, 0.25) is 6.04 Å². The molecule has 0 aromatic rings. The maximum atomic E-state index is 5.17. The Balaban J connectivity index is 0. The van der Waals surface area contributed by atoms with E-state index >= 15 is 0 Å². The molecule has 106 valence electrons. The van der Waals surface area contributed by atoms with E-state index in [9.17, 15) is 0 Å². The molecule has 0 heterocycles. The molecule has 8 heteroatoms. The Morgan fingerprint density at radius 1 is 0.765 bits per heavy atom. The van der Waals surface area contributed by atoms with Crippen molar-refractivity contribution in [3.05, 3.63) is 0 Å². The fourth-order valence-electron chi connectivity index (χ4n) is 1.15. The first kappa shape index (κ1) is 19.5. The van der Waals surface area contributed by atoms with E-state index in [-0.39, 0.29) is 0 Å². The second-order valence-electron chi connectivity index (χ2n) is 3.04. The van der Waals surface area contributed by atoms with Gasteiger partial charge in [-0.1, -0.05) is 13.3 Å². The Hall–Kier alpha value is 0.194. The van der Waals surface area contributed by atoms with Gasteiger partial charge in [0.05, 0.1) is 0 Å². The second-order valence-corrected chi connectivity index (χ2v) is 8.12. The Kier molecular flexibility index (Phi) is 14.5. The van der Waals surface area contributed by atoms with Crippen LogP contribution in [0.15, 0.2) is 0 Å². The minimum atomic E-state index is -2.22. The molecule has 0 N–H and O–H groups in total. The summed E-state index contributed by atoms with van der Waals surface area (Å²) in [5.41, 5.74) is 0. The summed E-state index contributed by atoms with van der Waals surface area (Å²) in [5.74, 6) is 0. The minimum Gasteiger partial charge on any atom is -0.379 e. The lowest BCUT2D eigenvalue weighted by Gasteiger charge is -2.23. The Morgan fingerprint density at radius 3 is 1.18 bits per heavy atom. The summed E-state index contributed by atoms with van der Waals surface area (Å²) in [4.78, 5) is 0. The highest BCUT2D eigenvalue weighted by molar-refractivity contribution is 6.60. The van der Waals surface area contributed by atoms with Crippen LogP contribution >= 0.6 is 0 Å². The third-order valence-electron chi connectivity index (χ3n) is 2.07. The van der Waals surface area contributed by atoms with Gasteiger partial charge >= 0.3 is 18.3 Å². The van der Waals surface area contributed by atoms with E-state index in [1.807, 2.05) is 0 Å². The zero-order valence-electron chi connectivity index (χ0n) is 11.9. The van der Waals surface area contributed by atoms with Crippen molar-refractivity contribution in [3.63, 3.8) is 0 Å². The highest BCUT2D eigenvalue weighted by Gasteiger charge is 2.36. The Labute approximate surface area is 107 Å². The first-order chi connectivity index (χ1) is 8.09. The summed E-state index contributed by atoms with van der Waals surface area (Å²) in [6.07, 6.45) is 1.03. The zero-order valence-corrected chi connectivity index (χ0v) is 14.1. The third-order valence-corrected chi connectivity index (χ3v) is 6.20. The van der Waals surface area contributed by atoms with Crippen molar-refractivity contribution in [2.24, 2.45) is 0 Å². The summed E-state index contributed by atoms with van der Waals surface area (Å²) in [7, 11) is 5.73. The van der Waals surface area contributed by atoms with Gasteiger partial charge in [-0.2, -0.15) is 0 Å². The summed E-state index contributed by atoms with van der Waals surface area (Å²) >= 11 is 0. The van der Waals surface area contributed by atoms with Crippen molar-refractivity contribution >= 4 is 18.3 Å². The van der Waals surface area contributed by atoms with Gasteiger partial charge in [0.15, 0.2) is 0 Å². The first-order valence-electron chi connectivity index (χ1n) is 5.33. The lowest BCUT2D eigenvalue weighted by atomic mass is 10.6. The van der Waals surface area contributed by atoms with Crippen LogP contribution in [-0.2, 0) is 26.6 Å². The largest absolute Gasteiger partial charge is 0.500 e. The van der Waals surface area contributed by atoms with Crippen LogP contribution < -0.4 is 0 Å². The van der Waals surface area contributed by atoms with E-state index in [0.29, 0.717) is 0 Å². The fourth-order valence-corrected chi connectivity index (χ4v) is 3.45. The predicted molar refractivity (Wildman–Crippen MR) is 70.1 cm³/mol. The smallest absolute Gasteiger partial charge is 0.379 e. The molecular weight excluding hydrogens is 260 g/mol. The molecule has 0 radical (unpaired) electrons. The van der Waals surface area contributed by atoms with Gasteiger partial charge in [0, 0.05) is 48.7 Å². The molecule has 0 bridgehead atoms. The van der Waals surface area contributed by atoms with Crippen molar-refractivity contribution in [3.8, 4) is 0 Å². The maximum Gasteiger partial charge on any atom is 0.500 e. The van der Waals surface area contributed by atoms with E-state index in [4.69, 9.17) is 26.6 Å². The van der Waals surface area contributed by atoms with E-state index in [2.05, 4.69) is 6.92 Å². The molecule has 0 unspecified atom stereocenters. The van der Waals surface area contributed by atoms with Crippen LogP contribution in [0, 0.1) is 0 Å². The van der Waals surface area contributed by atoms with Crippen LogP contribution in [-0.4, -0.2) is 61.0 Å². The highest BCUT2D eigenvalue weighted by Crippen LogP contribution is 2.13. The minimum absolute atomic E-state index is 0.885. The molecular formula is C9H26O6Si2. The van der Waals surface area contributed by atoms with Gasteiger partial charge in [0.1, 0.15) is 0 Å². The summed E-state index contributed by atoms with van der Waals surface area (Å²) < 4.78 is 29.7. The fraction of sp³-hybridized carbons (Fsp3) is 1.00. The van der Waals surface area contributed by atoms with Crippen LogP contribution in [0.4, 0.5) is 0 Å². The van der Waals surface area contributed by atoms with Crippen molar-refractivity contribution in [2.45, 2.75) is 19.4 Å². The molecule has 0 saturated carbocycles. The van der Waals surface area contributed by atoms with E-state index in [1.165, 1.54) is 0 Å². The number of hydrogen-bond donors (Lipinski definition) is 0. The zero-order chi connectivity index (χ0) is 13.7. The van der Waals surface area contributed by atoms with Gasteiger partial charge in [0.25, 0.3) is 0 Å². The van der Waals surface area contributed by atoms with Gasteiger partial charge in [-0.05, 0) is 0 Å². The average molecular weight is 286 g/mol. The maximum absolute atomic E-state index is 5.17. The molecule has 0 aliphatic carbocycles. The molecule has 0 fully saturated rings. The van der Waals surface area contributed by atoms with Gasteiger partial charge < -0.3 is 26.6 Å². The van der Waals surface area contributed by atoms with Gasteiger partial charge in [-0.15, -0.1) is 0 Å². The lowest BCUT2D eigenvalue weighted by Crippen LogP contribution is -2.42. The monoisotopic (exact) mass is 286 g/mol. The van der Waals surface area contributed by atoms with Crippen molar-refractivity contribution in [1.29, 1.82) is 0 Å². The Bertz CT molecular complexity index is 139. The summed E-state index contributed by atoms with van der Waals surface area (Å²) in [5, 5.41) is 0. The van der Waals surface area contributed by atoms with E-state index in [1.54, 1.807) is 42.7 Å². The van der Waals surface area contributed by atoms with Crippen LogP contribution in [0.5, 0.6) is 0 Å². The average Bonchev–Trinajstić information content (AvgIpc) is 2.39. The van der Waals surface area contributed by atoms with Crippen molar-refractivity contribution in [1.82, 2.24) is 0 Å². The first-order valence-corrected chi connectivity index (χ1v) is 8.68. The molecule has 0 atom stereocenters. The second kappa shape index (κ2) is 12.6. The van der Waals surface area contributed by atoms with Gasteiger partial charge in [-0.3, -0.25) is 0 Å². The summed E-state index contributed by atoms with van der Waals surface area (Å²) in [6.45, 7) is 2.08. The van der Waals surface area contributed by atoms with E-state index < -0.39 is 18.3 Å². The molecule has 17 heavy (non-hydrogen) atoms. The molecule has 0 aliphatic heterocycles. The third kappa shape index (κ3) is 8.86. The SMILES string of the molecule is CCC[Si](OC)(OC)OC.CO[SiH](OC)OC. The number of hydrogen-bond acceptors (Lipinski definition) is 6. The molecule has 0 amide bonds. The molecule has 0 spiro atoms. The van der Waals surface area contributed by atoms with Gasteiger partial charge in [-0.25, -0.2) is 0 Å². The Morgan fingerprint density at radius 2 is 1.12 bits per heavy atom. The van der Waals surface area contributed by atoms with Crippen molar-refractivity contribution < 1.29 is 26.6 Å². The topological polar surface area (TPSA) is 55.4 Å². The van der Waals surface area contributed by atoms with Crippen molar-refractivity contribution in [2.75, 3.05) is 42.7 Å². The van der Waals surface area contributed by atoms with Crippen LogP contribution in [0.25, 0.3) is 0 Å². The van der Waals surface area contributed by atoms with Gasteiger partial charge in [0.2, 0.25) is 0 Å². The quantitative estimate of drug-likeness (QED) is 0.618. The lowest BCUT2D eigenvalue weighted by molar-refractivity contribution is 0.123. The molecule has 6 nitrogen and oxygen atoms in total. The normalized spacial score (nSPS) is 11.3. The molecule has 0 aromatic carbocycles. The molecule has 0 aliphatic rings. The number of rotatable bonds is 8. The molecule has 0 rings (SSSR count). The molecule has 0 aromatic heterocycles. The summed E-state index contributed by atoms with van der Waals surface area (Å²) in [6, 6.07) is 0.885. The van der Waals surface area contributed by atoms with E-state index in [0.717, 1.165) is 12.5 Å². The predicted octanol–water partition coefficient (Wildman–Crippen LogP) is 0.917.